The van der Waals surface area contributed by atoms with E-state index in [0.29, 0.717) is 13.2 Å². The number of hydrogen-bond acceptors (Lipinski definition) is 2. The van der Waals surface area contributed by atoms with Crippen molar-refractivity contribution in [2.75, 3.05) is 13.2 Å². The molecule has 2 rings (SSSR count). The first kappa shape index (κ1) is 8.75. The molecule has 0 bridgehead atoms. The van der Waals surface area contributed by atoms with E-state index >= 15 is 0 Å². The molecule has 0 aromatic rings. The van der Waals surface area contributed by atoms with Gasteiger partial charge in [-0.05, 0) is 19.3 Å². The molecule has 1 atom stereocenters. The molecule has 1 aliphatic heterocycles. The number of rotatable bonds is 2. The summed E-state index contributed by atoms with van der Waals surface area (Å²) >= 11 is 0. The number of ether oxygens (including phenoxy) is 1. The third kappa shape index (κ3) is 2.10. The minimum atomic E-state index is 0.107. The lowest BCUT2D eigenvalue weighted by molar-refractivity contribution is -0.139. The van der Waals surface area contributed by atoms with Crippen molar-refractivity contribution in [1.29, 1.82) is 0 Å². The molecule has 1 saturated heterocycles. The SMILES string of the molecule is O=C(NC1C=CCCC1)C1COC1. The molecule has 0 saturated carbocycles. The molecule has 3 nitrogen and oxygen atoms in total. The fraction of sp³-hybridized carbons (Fsp3) is 0.700. The van der Waals surface area contributed by atoms with Gasteiger partial charge in [0.2, 0.25) is 5.91 Å². The van der Waals surface area contributed by atoms with E-state index in [1.807, 2.05) is 0 Å². The van der Waals surface area contributed by atoms with Gasteiger partial charge in [0.15, 0.2) is 0 Å². The van der Waals surface area contributed by atoms with Gasteiger partial charge in [-0.1, -0.05) is 12.2 Å². The second kappa shape index (κ2) is 3.92. The summed E-state index contributed by atoms with van der Waals surface area (Å²) in [7, 11) is 0. The van der Waals surface area contributed by atoms with Crippen LogP contribution in [0.2, 0.25) is 0 Å². The molecule has 0 spiro atoms. The number of nitrogens with one attached hydrogen (secondary N) is 1. The third-order valence-corrected chi connectivity index (χ3v) is 2.59. The molecule has 0 radical (unpaired) electrons. The van der Waals surface area contributed by atoms with Gasteiger partial charge in [0.1, 0.15) is 0 Å². The third-order valence-electron chi connectivity index (χ3n) is 2.59. The van der Waals surface area contributed by atoms with E-state index in [4.69, 9.17) is 4.74 Å². The van der Waals surface area contributed by atoms with Gasteiger partial charge in [0.25, 0.3) is 0 Å². The Morgan fingerprint density at radius 1 is 1.46 bits per heavy atom. The Kier molecular flexibility index (Phi) is 2.64. The smallest absolute Gasteiger partial charge is 0.228 e. The van der Waals surface area contributed by atoms with Crippen LogP contribution in [-0.2, 0) is 9.53 Å². The Balaban J connectivity index is 1.78. The Hall–Kier alpha value is -0.830. The first-order valence-electron chi connectivity index (χ1n) is 4.91. The maximum atomic E-state index is 11.5. The van der Waals surface area contributed by atoms with E-state index < -0.39 is 0 Å². The molecule has 1 amide bonds. The molecule has 0 aromatic heterocycles. The van der Waals surface area contributed by atoms with Gasteiger partial charge in [-0.25, -0.2) is 0 Å². The van der Waals surface area contributed by atoms with Crippen LogP contribution in [-0.4, -0.2) is 25.2 Å². The summed E-state index contributed by atoms with van der Waals surface area (Å²) in [5.41, 5.74) is 0. The van der Waals surface area contributed by atoms with Crippen LogP contribution < -0.4 is 5.32 Å². The van der Waals surface area contributed by atoms with Crippen molar-refractivity contribution in [3.8, 4) is 0 Å². The fourth-order valence-corrected chi connectivity index (χ4v) is 1.62. The van der Waals surface area contributed by atoms with Crippen molar-refractivity contribution in [2.24, 2.45) is 5.92 Å². The molecule has 1 aliphatic carbocycles. The number of allylic oxidation sites excluding steroid dienone is 1. The summed E-state index contributed by atoms with van der Waals surface area (Å²) in [6.45, 7) is 1.20. The minimum Gasteiger partial charge on any atom is -0.380 e. The maximum absolute atomic E-state index is 11.5. The predicted octanol–water partition coefficient (Wildman–Crippen LogP) is 0.858. The largest absolute Gasteiger partial charge is 0.380 e. The molecule has 72 valence electrons. The number of hydrogen-bond donors (Lipinski definition) is 1. The lowest BCUT2D eigenvalue weighted by atomic mass is 10.0. The van der Waals surface area contributed by atoms with E-state index in [1.54, 1.807) is 0 Å². The number of amides is 1. The second-order valence-corrected chi connectivity index (χ2v) is 3.71. The molecule has 13 heavy (non-hydrogen) atoms. The summed E-state index contributed by atoms with van der Waals surface area (Å²) < 4.78 is 4.97. The van der Waals surface area contributed by atoms with Crippen molar-refractivity contribution >= 4 is 5.91 Å². The van der Waals surface area contributed by atoms with Crippen LogP contribution in [0.1, 0.15) is 19.3 Å². The summed E-state index contributed by atoms with van der Waals surface area (Å²) in [6.07, 6.45) is 7.66. The molecule has 1 heterocycles. The van der Waals surface area contributed by atoms with Crippen LogP contribution in [0.15, 0.2) is 12.2 Å². The van der Waals surface area contributed by atoms with Gasteiger partial charge in [-0.15, -0.1) is 0 Å². The summed E-state index contributed by atoms with van der Waals surface area (Å²) in [4.78, 5) is 11.5. The van der Waals surface area contributed by atoms with Crippen LogP contribution in [0.3, 0.4) is 0 Å². The first-order chi connectivity index (χ1) is 6.36. The molecular formula is C10H15NO2. The fourth-order valence-electron chi connectivity index (χ4n) is 1.62. The van der Waals surface area contributed by atoms with E-state index in [0.717, 1.165) is 12.8 Å². The maximum Gasteiger partial charge on any atom is 0.228 e. The van der Waals surface area contributed by atoms with Crippen molar-refractivity contribution in [3.05, 3.63) is 12.2 Å². The molecule has 2 aliphatic rings. The monoisotopic (exact) mass is 181 g/mol. The van der Waals surface area contributed by atoms with Gasteiger partial charge >= 0.3 is 0 Å². The molecule has 1 unspecified atom stereocenters. The highest BCUT2D eigenvalue weighted by atomic mass is 16.5. The highest BCUT2D eigenvalue weighted by molar-refractivity contribution is 5.80. The van der Waals surface area contributed by atoms with Crippen LogP contribution in [0.25, 0.3) is 0 Å². The summed E-state index contributed by atoms with van der Waals surface area (Å²) in [6, 6.07) is 0.266. The van der Waals surface area contributed by atoms with Crippen molar-refractivity contribution in [1.82, 2.24) is 5.32 Å². The topological polar surface area (TPSA) is 38.3 Å². The number of carbonyl (C=O) groups excluding carboxylic acids is 1. The Morgan fingerprint density at radius 3 is 2.85 bits per heavy atom. The van der Waals surface area contributed by atoms with Crippen molar-refractivity contribution < 1.29 is 9.53 Å². The van der Waals surface area contributed by atoms with Crippen LogP contribution in [0, 0.1) is 5.92 Å². The standard InChI is InChI=1S/C10H15NO2/c12-10(8-6-13-7-8)11-9-4-2-1-3-5-9/h2,4,8-9H,1,3,5-7H2,(H,11,12). The van der Waals surface area contributed by atoms with E-state index in [-0.39, 0.29) is 17.9 Å². The van der Waals surface area contributed by atoms with Crippen molar-refractivity contribution in [2.45, 2.75) is 25.3 Å². The highest BCUT2D eigenvalue weighted by Gasteiger charge is 2.27. The molecule has 1 fully saturated rings. The summed E-state index contributed by atoms with van der Waals surface area (Å²) in [5, 5.41) is 3.02. The Bertz CT molecular complexity index is 221. The van der Waals surface area contributed by atoms with Gasteiger partial charge in [-0.3, -0.25) is 4.79 Å². The average molecular weight is 181 g/mol. The molecule has 1 N–H and O–H groups in total. The van der Waals surface area contributed by atoms with Crippen molar-refractivity contribution in [3.63, 3.8) is 0 Å². The van der Waals surface area contributed by atoms with Gasteiger partial charge in [0.05, 0.1) is 19.1 Å². The zero-order valence-corrected chi connectivity index (χ0v) is 7.66. The Labute approximate surface area is 78.1 Å². The van der Waals surface area contributed by atoms with E-state index in [9.17, 15) is 4.79 Å². The second-order valence-electron chi connectivity index (χ2n) is 3.71. The minimum absolute atomic E-state index is 0.107. The molecule has 3 heteroatoms. The van der Waals surface area contributed by atoms with Crippen LogP contribution in [0.5, 0.6) is 0 Å². The molecule has 0 aromatic carbocycles. The van der Waals surface area contributed by atoms with Gasteiger partial charge in [0, 0.05) is 6.04 Å². The quantitative estimate of drug-likeness (QED) is 0.641. The molecular weight excluding hydrogens is 166 g/mol. The van der Waals surface area contributed by atoms with E-state index in [1.165, 1.54) is 6.42 Å². The van der Waals surface area contributed by atoms with Crippen LogP contribution in [0.4, 0.5) is 0 Å². The van der Waals surface area contributed by atoms with Gasteiger partial charge < -0.3 is 10.1 Å². The zero-order chi connectivity index (χ0) is 9.10. The predicted molar refractivity (Wildman–Crippen MR) is 49.2 cm³/mol. The first-order valence-corrected chi connectivity index (χ1v) is 4.91. The zero-order valence-electron chi connectivity index (χ0n) is 7.66. The lowest BCUT2D eigenvalue weighted by Gasteiger charge is -2.27. The Morgan fingerprint density at radius 2 is 2.31 bits per heavy atom. The van der Waals surface area contributed by atoms with Gasteiger partial charge in [-0.2, -0.15) is 0 Å². The van der Waals surface area contributed by atoms with Crippen LogP contribution >= 0.6 is 0 Å². The van der Waals surface area contributed by atoms with E-state index in [2.05, 4.69) is 17.5 Å². The summed E-state index contributed by atoms with van der Waals surface area (Å²) in [5.74, 6) is 0.262. The number of carbonyl (C=O) groups is 1. The highest BCUT2D eigenvalue weighted by Crippen LogP contribution is 2.13. The normalized spacial score (nSPS) is 28.2. The average Bonchev–Trinajstić information content (AvgIpc) is 2.02. The lowest BCUT2D eigenvalue weighted by Crippen LogP contribution is -2.45.